The highest BCUT2D eigenvalue weighted by molar-refractivity contribution is 5.71. The fourth-order valence-corrected chi connectivity index (χ4v) is 3.22. The van der Waals surface area contributed by atoms with E-state index in [2.05, 4.69) is 74.7 Å². The number of aromatic nitrogens is 1. The molecule has 3 nitrogen and oxygen atoms in total. The second kappa shape index (κ2) is 6.84. The van der Waals surface area contributed by atoms with Crippen molar-refractivity contribution in [1.29, 1.82) is 0 Å². The number of nitrogens with one attached hydrogen (secondary N) is 2. The standard InChI is InChI=1S/C21H29N3/c1-15-9-11-16(12-10-15)18-13-14-19(24-21(2,3)4)20(23-18)22-17-7-5-6-8-17/h9-14,17,24H,5-8H2,1-4H3,(H,22,23). The lowest BCUT2D eigenvalue weighted by Crippen LogP contribution is -2.27. The van der Waals surface area contributed by atoms with Crippen LogP contribution < -0.4 is 10.6 Å². The minimum atomic E-state index is 0.0131. The Hall–Kier alpha value is -2.03. The first-order chi connectivity index (χ1) is 11.4. The van der Waals surface area contributed by atoms with Gasteiger partial charge in [-0.15, -0.1) is 0 Å². The van der Waals surface area contributed by atoms with E-state index in [9.17, 15) is 0 Å². The van der Waals surface area contributed by atoms with E-state index < -0.39 is 0 Å². The van der Waals surface area contributed by atoms with E-state index in [0.29, 0.717) is 6.04 Å². The van der Waals surface area contributed by atoms with E-state index in [1.54, 1.807) is 0 Å². The largest absolute Gasteiger partial charge is 0.377 e. The molecule has 0 amide bonds. The molecule has 1 aromatic heterocycles. The molecule has 3 heteroatoms. The molecule has 0 aliphatic heterocycles. The van der Waals surface area contributed by atoms with Gasteiger partial charge in [0.1, 0.15) is 5.82 Å². The molecule has 24 heavy (non-hydrogen) atoms. The Labute approximate surface area is 145 Å². The third kappa shape index (κ3) is 4.28. The molecular formula is C21H29N3. The number of benzene rings is 1. The molecule has 2 N–H and O–H groups in total. The van der Waals surface area contributed by atoms with Crippen molar-refractivity contribution in [2.45, 2.75) is 65.0 Å². The van der Waals surface area contributed by atoms with Crippen LogP contribution in [0.5, 0.6) is 0 Å². The van der Waals surface area contributed by atoms with E-state index in [0.717, 1.165) is 22.8 Å². The number of rotatable bonds is 4. The average Bonchev–Trinajstić information content (AvgIpc) is 3.01. The predicted octanol–water partition coefficient (Wildman–Crippen LogP) is 5.62. The summed E-state index contributed by atoms with van der Waals surface area (Å²) >= 11 is 0. The highest BCUT2D eigenvalue weighted by Crippen LogP contribution is 2.30. The lowest BCUT2D eigenvalue weighted by molar-refractivity contribution is 0.633. The van der Waals surface area contributed by atoms with Gasteiger partial charge in [-0.25, -0.2) is 4.98 Å². The Bertz CT molecular complexity index is 677. The van der Waals surface area contributed by atoms with Gasteiger partial charge in [0, 0.05) is 17.1 Å². The number of anilines is 2. The van der Waals surface area contributed by atoms with Crippen LogP contribution in [0.15, 0.2) is 36.4 Å². The SMILES string of the molecule is Cc1ccc(-c2ccc(NC(C)(C)C)c(NC3CCCC3)n2)cc1. The summed E-state index contributed by atoms with van der Waals surface area (Å²) in [5.41, 5.74) is 4.56. The molecular weight excluding hydrogens is 294 g/mol. The fourth-order valence-electron chi connectivity index (χ4n) is 3.22. The van der Waals surface area contributed by atoms with E-state index in [1.807, 2.05) is 0 Å². The zero-order valence-electron chi connectivity index (χ0n) is 15.3. The summed E-state index contributed by atoms with van der Waals surface area (Å²) in [5, 5.41) is 7.27. The second-order valence-electron chi connectivity index (χ2n) is 7.96. The third-order valence-corrected chi connectivity index (χ3v) is 4.45. The van der Waals surface area contributed by atoms with E-state index >= 15 is 0 Å². The molecule has 0 atom stereocenters. The zero-order valence-corrected chi connectivity index (χ0v) is 15.3. The molecule has 3 rings (SSSR count). The molecule has 1 aromatic carbocycles. The van der Waals surface area contributed by atoms with Crippen molar-refractivity contribution in [3.63, 3.8) is 0 Å². The smallest absolute Gasteiger partial charge is 0.150 e. The van der Waals surface area contributed by atoms with Crippen LogP contribution >= 0.6 is 0 Å². The molecule has 0 unspecified atom stereocenters. The minimum Gasteiger partial charge on any atom is -0.377 e. The fraction of sp³-hybridized carbons (Fsp3) is 0.476. The molecule has 0 saturated heterocycles. The van der Waals surface area contributed by atoms with Crippen LogP contribution in [0.4, 0.5) is 11.5 Å². The van der Waals surface area contributed by atoms with Gasteiger partial charge in [-0.3, -0.25) is 0 Å². The quantitative estimate of drug-likeness (QED) is 0.766. The van der Waals surface area contributed by atoms with E-state index in [-0.39, 0.29) is 5.54 Å². The third-order valence-electron chi connectivity index (χ3n) is 4.45. The molecule has 0 bridgehead atoms. The van der Waals surface area contributed by atoms with Gasteiger partial charge in [-0.1, -0.05) is 42.7 Å². The van der Waals surface area contributed by atoms with Crippen LogP contribution in [0.25, 0.3) is 11.3 Å². The van der Waals surface area contributed by atoms with Crippen molar-refractivity contribution in [3.05, 3.63) is 42.0 Å². The molecule has 1 fully saturated rings. The van der Waals surface area contributed by atoms with Crippen molar-refractivity contribution >= 4 is 11.5 Å². The van der Waals surface area contributed by atoms with E-state index in [4.69, 9.17) is 4.98 Å². The summed E-state index contributed by atoms with van der Waals surface area (Å²) in [6.07, 6.45) is 5.12. The molecule has 128 valence electrons. The zero-order chi connectivity index (χ0) is 17.2. The summed E-state index contributed by atoms with van der Waals surface area (Å²) in [5.74, 6) is 0.981. The number of nitrogens with zero attached hydrogens (tertiary/aromatic N) is 1. The van der Waals surface area contributed by atoms with Crippen molar-refractivity contribution in [3.8, 4) is 11.3 Å². The Kier molecular flexibility index (Phi) is 4.79. The van der Waals surface area contributed by atoms with E-state index in [1.165, 1.54) is 31.2 Å². The van der Waals surface area contributed by atoms with Gasteiger partial charge in [0.05, 0.1) is 11.4 Å². The van der Waals surface area contributed by atoms with Crippen LogP contribution in [-0.4, -0.2) is 16.6 Å². The summed E-state index contributed by atoms with van der Waals surface area (Å²) in [6, 6.07) is 13.4. The maximum Gasteiger partial charge on any atom is 0.150 e. The van der Waals surface area contributed by atoms with Crippen LogP contribution in [0, 0.1) is 6.92 Å². The topological polar surface area (TPSA) is 37.0 Å². The Balaban J connectivity index is 1.92. The van der Waals surface area contributed by atoms with Gasteiger partial charge in [0.15, 0.2) is 0 Å². The summed E-state index contributed by atoms with van der Waals surface area (Å²) in [6.45, 7) is 8.65. The lowest BCUT2D eigenvalue weighted by atomic mass is 10.1. The van der Waals surface area contributed by atoms with Crippen molar-refractivity contribution in [1.82, 2.24) is 4.98 Å². The Morgan fingerprint density at radius 1 is 0.958 bits per heavy atom. The minimum absolute atomic E-state index is 0.0131. The first-order valence-electron chi connectivity index (χ1n) is 9.03. The molecule has 1 aliphatic carbocycles. The maximum absolute atomic E-state index is 4.95. The highest BCUT2D eigenvalue weighted by Gasteiger charge is 2.19. The van der Waals surface area contributed by atoms with Gasteiger partial charge < -0.3 is 10.6 Å². The molecule has 0 radical (unpaired) electrons. The maximum atomic E-state index is 4.95. The van der Waals surface area contributed by atoms with Gasteiger partial charge in [-0.2, -0.15) is 0 Å². The first kappa shape index (κ1) is 16.8. The second-order valence-corrected chi connectivity index (χ2v) is 7.96. The van der Waals surface area contributed by atoms with Gasteiger partial charge in [0.25, 0.3) is 0 Å². The molecule has 1 aliphatic rings. The summed E-state index contributed by atoms with van der Waals surface area (Å²) in [7, 11) is 0. The lowest BCUT2D eigenvalue weighted by Gasteiger charge is -2.25. The number of hydrogen-bond acceptors (Lipinski definition) is 3. The molecule has 2 aromatic rings. The molecule has 1 saturated carbocycles. The summed E-state index contributed by atoms with van der Waals surface area (Å²) in [4.78, 5) is 4.95. The van der Waals surface area contributed by atoms with Crippen molar-refractivity contribution in [2.75, 3.05) is 10.6 Å². The normalized spacial score (nSPS) is 15.5. The van der Waals surface area contributed by atoms with Gasteiger partial charge >= 0.3 is 0 Å². The van der Waals surface area contributed by atoms with Crippen LogP contribution in [0.2, 0.25) is 0 Å². The number of pyridine rings is 1. The monoisotopic (exact) mass is 323 g/mol. The summed E-state index contributed by atoms with van der Waals surface area (Å²) < 4.78 is 0. The number of aryl methyl sites for hydroxylation is 1. The molecule has 0 spiro atoms. The molecule has 1 heterocycles. The first-order valence-corrected chi connectivity index (χ1v) is 9.03. The Morgan fingerprint density at radius 3 is 2.25 bits per heavy atom. The number of hydrogen-bond donors (Lipinski definition) is 2. The van der Waals surface area contributed by atoms with Crippen LogP contribution in [0.3, 0.4) is 0 Å². The van der Waals surface area contributed by atoms with Gasteiger partial charge in [-0.05, 0) is 52.7 Å². The van der Waals surface area contributed by atoms with Crippen molar-refractivity contribution < 1.29 is 0 Å². The van der Waals surface area contributed by atoms with Crippen LogP contribution in [-0.2, 0) is 0 Å². The highest BCUT2D eigenvalue weighted by atomic mass is 15.1. The van der Waals surface area contributed by atoms with Crippen LogP contribution in [0.1, 0.15) is 52.0 Å². The Morgan fingerprint density at radius 2 is 1.62 bits per heavy atom. The van der Waals surface area contributed by atoms with Gasteiger partial charge in [0.2, 0.25) is 0 Å². The average molecular weight is 323 g/mol. The predicted molar refractivity (Wildman–Crippen MR) is 104 cm³/mol. The van der Waals surface area contributed by atoms with Crippen molar-refractivity contribution in [2.24, 2.45) is 0 Å².